The highest BCUT2D eigenvalue weighted by Gasteiger charge is 2.31. The number of hydrogen-bond donors (Lipinski definition) is 1. The Kier molecular flexibility index (Phi) is 4.98. The Morgan fingerprint density at radius 1 is 1.39 bits per heavy atom. The maximum atomic E-state index is 11.7. The summed E-state index contributed by atoms with van der Waals surface area (Å²) in [5.74, 6) is 0.430. The zero-order chi connectivity index (χ0) is 14.0. The van der Waals surface area contributed by atoms with Crippen LogP contribution < -0.4 is 5.32 Å². The average molecular weight is 289 g/mol. The summed E-state index contributed by atoms with van der Waals surface area (Å²) < 4.78 is 22.6. The smallest absolute Gasteiger partial charge is 0.153 e. The van der Waals surface area contributed by atoms with Crippen molar-refractivity contribution >= 4 is 21.2 Å². The fourth-order valence-electron chi connectivity index (χ4n) is 1.62. The summed E-state index contributed by atoms with van der Waals surface area (Å²) >= 11 is 1.71. The molecule has 0 amide bonds. The van der Waals surface area contributed by atoms with Gasteiger partial charge in [-0.15, -0.1) is 11.3 Å². The van der Waals surface area contributed by atoms with Crippen molar-refractivity contribution in [1.29, 1.82) is 0 Å². The second-order valence-electron chi connectivity index (χ2n) is 5.65. The number of hydrogen-bond acceptors (Lipinski definition) is 4. The van der Waals surface area contributed by atoms with Crippen LogP contribution >= 0.6 is 11.3 Å². The summed E-state index contributed by atoms with van der Waals surface area (Å²) in [5.41, 5.74) is 0. The van der Waals surface area contributed by atoms with Crippen LogP contribution in [0.3, 0.4) is 0 Å². The quantitative estimate of drug-likeness (QED) is 0.876. The topological polar surface area (TPSA) is 46.2 Å². The van der Waals surface area contributed by atoms with Gasteiger partial charge in [-0.3, -0.25) is 0 Å². The van der Waals surface area contributed by atoms with E-state index in [1.807, 2.05) is 11.4 Å². The second-order valence-corrected chi connectivity index (χ2v) is 9.28. The Labute approximate surface area is 115 Å². The van der Waals surface area contributed by atoms with Gasteiger partial charge in [0.1, 0.15) is 0 Å². The molecule has 0 aliphatic heterocycles. The lowest BCUT2D eigenvalue weighted by molar-refractivity contribution is 0.396. The van der Waals surface area contributed by atoms with E-state index in [-0.39, 0.29) is 6.04 Å². The van der Waals surface area contributed by atoms with E-state index in [1.165, 1.54) is 11.1 Å². The SMILES string of the molecule is CC(C)C(NCC(C)(C)S(C)(=O)=O)c1cccs1. The van der Waals surface area contributed by atoms with Gasteiger partial charge >= 0.3 is 0 Å². The van der Waals surface area contributed by atoms with Crippen LogP contribution in [0.25, 0.3) is 0 Å². The van der Waals surface area contributed by atoms with E-state index in [2.05, 4.69) is 25.2 Å². The zero-order valence-corrected chi connectivity index (χ0v) is 13.4. The summed E-state index contributed by atoms with van der Waals surface area (Å²) in [7, 11) is -3.05. The largest absolute Gasteiger partial charge is 0.307 e. The fraction of sp³-hybridized carbons (Fsp3) is 0.692. The maximum Gasteiger partial charge on any atom is 0.153 e. The van der Waals surface area contributed by atoms with E-state index in [0.717, 1.165) is 0 Å². The number of rotatable bonds is 6. The first-order valence-corrected chi connectivity index (χ1v) is 8.88. The van der Waals surface area contributed by atoms with Crippen molar-refractivity contribution in [2.24, 2.45) is 5.92 Å². The predicted molar refractivity (Wildman–Crippen MR) is 78.8 cm³/mol. The molecule has 5 heteroatoms. The molecule has 3 nitrogen and oxygen atoms in total. The van der Waals surface area contributed by atoms with E-state index < -0.39 is 14.6 Å². The van der Waals surface area contributed by atoms with E-state index in [1.54, 1.807) is 25.2 Å². The van der Waals surface area contributed by atoms with Gasteiger partial charge < -0.3 is 5.32 Å². The van der Waals surface area contributed by atoms with Gasteiger partial charge in [-0.05, 0) is 31.2 Å². The van der Waals surface area contributed by atoms with E-state index >= 15 is 0 Å². The van der Waals surface area contributed by atoms with Gasteiger partial charge in [0.05, 0.1) is 4.75 Å². The molecule has 0 fully saturated rings. The van der Waals surface area contributed by atoms with Crippen LogP contribution in [-0.2, 0) is 9.84 Å². The Morgan fingerprint density at radius 3 is 2.39 bits per heavy atom. The van der Waals surface area contributed by atoms with Crippen molar-refractivity contribution in [2.75, 3.05) is 12.8 Å². The first kappa shape index (κ1) is 15.7. The van der Waals surface area contributed by atoms with Crippen LogP contribution in [0.2, 0.25) is 0 Å². The summed E-state index contributed by atoms with van der Waals surface area (Å²) in [5, 5.41) is 5.45. The van der Waals surface area contributed by atoms with Crippen LogP contribution in [0.1, 0.15) is 38.6 Å². The molecule has 0 spiro atoms. The van der Waals surface area contributed by atoms with Gasteiger partial charge in [0.2, 0.25) is 0 Å². The Morgan fingerprint density at radius 2 is 2.00 bits per heavy atom. The Balaban J connectivity index is 2.77. The molecule has 1 aromatic rings. The lowest BCUT2D eigenvalue weighted by Crippen LogP contribution is -2.43. The predicted octanol–water partition coefficient (Wildman–Crippen LogP) is 2.86. The molecule has 0 bridgehead atoms. The summed E-state index contributed by atoms with van der Waals surface area (Å²) in [6, 6.07) is 4.33. The molecule has 0 saturated heterocycles. The molecule has 1 heterocycles. The van der Waals surface area contributed by atoms with Gasteiger partial charge in [0.25, 0.3) is 0 Å². The van der Waals surface area contributed by atoms with Crippen LogP contribution in [0.15, 0.2) is 17.5 Å². The molecule has 1 aromatic heterocycles. The molecule has 1 N–H and O–H groups in total. The monoisotopic (exact) mass is 289 g/mol. The molecule has 1 rings (SSSR count). The lowest BCUT2D eigenvalue weighted by Gasteiger charge is -2.28. The minimum absolute atomic E-state index is 0.214. The zero-order valence-electron chi connectivity index (χ0n) is 11.7. The number of sulfone groups is 1. The molecule has 1 unspecified atom stereocenters. The molecule has 0 aliphatic carbocycles. The normalized spacial score (nSPS) is 15.0. The van der Waals surface area contributed by atoms with Crippen LogP contribution in [-0.4, -0.2) is 26.0 Å². The highest BCUT2D eigenvalue weighted by Crippen LogP contribution is 2.26. The van der Waals surface area contributed by atoms with Crippen molar-refractivity contribution in [3.63, 3.8) is 0 Å². The van der Waals surface area contributed by atoms with Crippen molar-refractivity contribution in [1.82, 2.24) is 5.32 Å². The number of nitrogens with one attached hydrogen (secondary N) is 1. The first-order chi connectivity index (χ1) is 8.15. The standard InChI is InChI=1S/C13H23NO2S2/c1-10(2)12(11-7-6-8-17-11)14-9-13(3,4)18(5,15)16/h6-8,10,12,14H,9H2,1-5H3. The Bertz CT molecular complexity index is 461. The van der Waals surface area contributed by atoms with Crippen molar-refractivity contribution in [2.45, 2.75) is 38.5 Å². The minimum atomic E-state index is -3.05. The second kappa shape index (κ2) is 5.72. The van der Waals surface area contributed by atoms with Crippen molar-refractivity contribution < 1.29 is 8.42 Å². The minimum Gasteiger partial charge on any atom is -0.307 e. The molecule has 104 valence electrons. The van der Waals surface area contributed by atoms with E-state index in [9.17, 15) is 8.42 Å². The van der Waals surface area contributed by atoms with E-state index in [4.69, 9.17) is 0 Å². The van der Waals surface area contributed by atoms with Gasteiger partial charge in [0, 0.05) is 23.7 Å². The van der Waals surface area contributed by atoms with Gasteiger partial charge in [-0.1, -0.05) is 19.9 Å². The molecule has 1 atom stereocenters. The maximum absolute atomic E-state index is 11.7. The van der Waals surface area contributed by atoms with Crippen molar-refractivity contribution in [3.05, 3.63) is 22.4 Å². The van der Waals surface area contributed by atoms with Crippen molar-refractivity contribution in [3.8, 4) is 0 Å². The summed E-state index contributed by atoms with van der Waals surface area (Å²) in [6.07, 6.45) is 1.30. The van der Waals surface area contributed by atoms with Gasteiger partial charge in [0.15, 0.2) is 9.84 Å². The molecular weight excluding hydrogens is 266 g/mol. The third-order valence-corrected chi connectivity index (χ3v) is 6.38. The van der Waals surface area contributed by atoms with Crippen LogP contribution in [0.5, 0.6) is 0 Å². The summed E-state index contributed by atoms with van der Waals surface area (Å²) in [4.78, 5) is 1.26. The number of thiophene rings is 1. The highest BCUT2D eigenvalue weighted by molar-refractivity contribution is 7.92. The average Bonchev–Trinajstić information content (AvgIpc) is 2.68. The first-order valence-electron chi connectivity index (χ1n) is 6.11. The third kappa shape index (κ3) is 3.80. The molecule has 0 saturated carbocycles. The van der Waals surface area contributed by atoms with Gasteiger partial charge in [-0.2, -0.15) is 0 Å². The molecule has 0 aliphatic rings. The Hall–Kier alpha value is -0.390. The fourth-order valence-corrected chi connectivity index (χ4v) is 2.94. The third-order valence-electron chi connectivity index (χ3n) is 3.27. The molecule has 0 radical (unpaired) electrons. The summed E-state index contributed by atoms with van der Waals surface area (Å²) in [6.45, 7) is 8.28. The molecular formula is C13H23NO2S2. The molecule has 18 heavy (non-hydrogen) atoms. The lowest BCUT2D eigenvalue weighted by atomic mass is 10.0. The van der Waals surface area contributed by atoms with Gasteiger partial charge in [-0.25, -0.2) is 8.42 Å². The van der Waals surface area contributed by atoms with Crippen LogP contribution in [0.4, 0.5) is 0 Å². The van der Waals surface area contributed by atoms with Crippen LogP contribution in [0, 0.1) is 5.92 Å². The van der Waals surface area contributed by atoms with E-state index in [0.29, 0.717) is 12.5 Å². The molecule has 0 aromatic carbocycles. The highest BCUT2D eigenvalue weighted by atomic mass is 32.2.